The van der Waals surface area contributed by atoms with Gasteiger partial charge < -0.3 is 9.63 Å². The summed E-state index contributed by atoms with van der Waals surface area (Å²) in [7, 11) is -2.25. The van der Waals surface area contributed by atoms with Crippen molar-refractivity contribution < 1.29 is 19.0 Å². The lowest BCUT2D eigenvalue weighted by Gasteiger charge is -2.06. The average molecular weight is 286 g/mol. The zero-order chi connectivity index (χ0) is 14.0. The van der Waals surface area contributed by atoms with Gasteiger partial charge in [-0.25, -0.2) is 4.79 Å². The van der Waals surface area contributed by atoms with Crippen molar-refractivity contribution in [3.8, 4) is 0 Å². The van der Waals surface area contributed by atoms with Gasteiger partial charge in [-0.1, -0.05) is 19.9 Å². The molecule has 0 saturated heterocycles. The van der Waals surface area contributed by atoms with Crippen LogP contribution in [0.3, 0.4) is 0 Å². The van der Waals surface area contributed by atoms with Gasteiger partial charge >= 0.3 is 5.97 Å². The summed E-state index contributed by atoms with van der Waals surface area (Å²) >= 11 is 0. The van der Waals surface area contributed by atoms with Crippen molar-refractivity contribution >= 4 is 14.0 Å². The summed E-state index contributed by atoms with van der Waals surface area (Å²) in [6.07, 6.45) is 6.06. The van der Waals surface area contributed by atoms with Crippen LogP contribution >= 0.6 is 8.03 Å². The third-order valence-corrected chi connectivity index (χ3v) is 5.31. The number of carbonyl (C=O) groups is 1. The minimum atomic E-state index is -2.25. The third-order valence-electron chi connectivity index (χ3n) is 4.12. The Kier molecular flexibility index (Phi) is 4.52. The van der Waals surface area contributed by atoms with Gasteiger partial charge in [0.05, 0.1) is 12.8 Å². The molecule has 0 heterocycles. The molecule has 2 rings (SSSR count). The molecule has 2 saturated carbocycles. The molecule has 0 spiro atoms. The molecule has 0 aromatic rings. The molecule has 108 valence electrons. The standard InChI is InChI=1S/C14H23O4P/c1-14(2)8-12(14)5-6-18-19(17)9-11(13(15)16)7-10-3-4-10/h7,10,12,19H,3-6,8-9H2,1-2H3,(H,15,16). The third kappa shape index (κ3) is 4.77. The minimum Gasteiger partial charge on any atom is -0.478 e. The quantitative estimate of drug-likeness (QED) is 0.549. The predicted molar refractivity (Wildman–Crippen MR) is 74.8 cm³/mol. The Balaban J connectivity index is 1.69. The van der Waals surface area contributed by atoms with Crippen LogP contribution in [0, 0.1) is 17.3 Å². The maximum atomic E-state index is 11.8. The van der Waals surface area contributed by atoms with Crippen LogP contribution in [-0.4, -0.2) is 23.8 Å². The van der Waals surface area contributed by atoms with Crippen molar-refractivity contribution in [2.45, 2.75) is 39.5 Å². The normalized spacial score (nSPS) is 27.1. The second-order valence-corrected chi connectivity index (χ2v) is 7.80. The molecule has 0 aromatic heterocycles. The van der Waals surface area contributed by atoms with Crippen LogP contribution in [0.5, 0.6) is 0 Å². The first-order valence-electron chi connectivity index (χ1n) is 6.98. The highest BCUT2D eigenvalue weighted by Gasteiger charge is 2.44. The maximum Gasteiger partial charge on any atom is 0.331 e. The number of hydrogen-bond donors (Lipinski definition) is 1. The SMILES string of the molecule is CC1(C)CC1CCO[PH](=O)CC(=CC1CC1)C(=O)O. The van der Waals surface area contributed by atoms with Crippen molar-refractivity contribution in [2.75, 3.05) is 12.8 Å². The van der Waals surface area contributed by atoms with Gasteiger partial charge in [-0.05, 0) is 42.9 Å². The molecular weight excluding hydrogens is 263 g/mol. The molecule has 4 nitrogen and oxygen atoms in total. The summed E-state index contributed by atoms with van der Waals surface area (Å²) in [4.78, 5) is 11.0. The van der Waals surface area contributed by atoms with Crippen molar-refractivity contribution in [3.05, 3.63) is 11.6 Å². The van der Waals surface area contributed by atoms with Gasteiger partial charge in [0.25, 0.3) is 0 Å². The van der Waals surface area contributed by atoms with E-state index in [9.17, 15) is 9.36 Å². The van der Waals surface area contributed by atoms with E-state index in [2.05, 4.69) is 13.8 Å². The lowest BCUT2D eigenvalue weighted by atomic mass is 10.1. The van der Waals surface area contributed by atoms with Crippen LogP contribution in [0.1, 0.15) is 39.5 Å². The Morgan fingerprint density at radius 1 is 1.47 bits per heavy atom. The van der Waals surface area contributed by atoms with Crippen molar-refractivity contribution in [1.82, 2.24) is 0 Å². The number of carboxylic acid groups (broad SMARTS) is 1. The summed E-state index contributed by atoms with van der Waals surface area (Å²) in [5, 5.41) is 9.04. The largest absolute Gasteiger partial charge is 0.478 e. The number of rotatable bonds is 8. The molecule has 5 heteroatoms. The van der Waals surface area contributed by atoms with Crippen LogP contribution in [0.4, 0.5) is 0 Å². The molecule has 2 unspecified atom stereocenters. The van der Waals surface area contributed by atoms with E-state index in [1.165, 1.54) is 6.42 Å². The molecule has 0 radical (unpaired) electrons. The molecule has 0 amide bonds. The fourth-order valence-corrected chi connectivity index (χ4v) is 3.37. The van der Waals surface area contributed by atoms with Gasteiger partial charge in [-0.3, -0.25) is 4.57 Å². The minimum absolute atomic E-state index is 0.0740. The highest BCUT2D eigenvalue weighted by Crippen LogP contribution is 2.53. The van der Waals surface area contributed by atoms with Crippen LogP contribution in [-0.2, 0) is 13.9 Å². The summed E-state index contributed by atoms with van der Waals surface area (Å²) < 4.78 is 17.1. The van der Waals surface area contributed by atoms with E-state index in [4.69, 9.17) is 9.63 Å². The fourth-order valence-electron chi connectivity index (χ4n) is 2.34. The van der Waals surface area contributed by atoms with E-state index in [-0.39, 0.29) is 11.7 Å². The molecular formula is C14H23O4P. The molecule has 2 fully saturated rings. The van der Waals surface area contributed by atoms with Crippen molar-refractivity contribution in [1.29, 1.82) is 0 Å². The zero-order valence-electron chi connectivity index (χ0n) is 11.6. The van der Waals surface area contributed by atoms with E-state index in [1.54, 1.807) is 6.08 Å². The second kappa shape index (κ2) is 5.80. The number of carboxylic acids is 1. The number of aliphatic carboxylic acids is 1. The monoisotopic (exact) mass is 286 g/mol. The average Bonchev–Trinajstić information content (AvgIpc) is 3.18. The maximum absolute atomic E-state index is 11.8. The van der Waals surface area contributed by atoms with Crippen LogP contribution in [0.25, 0.3) is 0 Å². The highest BCUT2D eigenvalue weighted by molar-refractivity contribution is 7.39. The summed E-state index contributed by atoms with van der Waals surface area (Å²) in [6, 6.07) is 0. The first kappa shape index (κ1) is 14.8. The first-order chi connectivity index (χ1) is 8.88. The summed E-state index contributed by atoms with van der Waals surface area (Å²) in [6.45, 7) is 4.94. The van der Waals surface area contributed by atoms with Crippen LogP contribution < -0.4 is 0 Å². The summed E-state index contributed by atoms with van der Waals surface area (Å²) in [5.74, 6) is 0.0913. The predicted octanol–water partition coefficient (Wildman–Crippen LogP) is 3.33. The fraction of sp³-hybridized carbons (Fsp3) is 0.786. The molecule has 0 aliphatic heterocycles. The lowest BCUT2D eigenvalue weighted by Crippen LogP contribution is -2.04. The highest BCUT2D eigenvalue weighted by atomic mass is 31.1. The van der Waals surface area contributed by atoms with E-state index in [1.807, 2.05) is 0 Å². The molecule has 2 aliphatic rings. The first-order valence-corrected chi connectivity index (χ1v) is 8.50. The Labute approximate surface area is 115 Å². The molecule has 2 atom stereocenters. The zero-order valence-corrected chi connectivity index (χ0v) is 12.6. The van der Waals surface area contributed by atoms with E-state index >= 15 is 0 Å². The van der Waals surface area contributed by atoms with E-state index < -0.39 is 14.0 Å². The van der Waals surface area contributed by atoms with Gasteiger partial charge in [0.15, 0.2) is 8.03 Å². The lowest BCUT2D eigenvalue weighted by molar-refractivity contribution is -0.132. The molecule has 0 bridgehead atoms. The summed E-state index contributed by atoms with van der Waals surface area (Å²) in [5.41, 5.74) is 0.676. The van der Waals surface area contributed by atoms with Crippen molar-refractivity contribution in [2.24, 2.45) is 17.3 Å². The van der Waals surface area contributed by atoms with E-state index in [0.717, 1.165) is 19.3 Å². The van der Waals surface area contributed by atoms with Gasteiger partial charge in [-0.15, -0.1) is 0 Å². The van der Waals surface area contributed by atoms with Crippen LogP contribution in [0.15, 0.2) is 11.6 Å². The van der Waals surface area contributed by atoms with Crippen LogP contribution in [0.2, 0.25) is 0 Å². The second-order valence-electron chi connectivity index (χ2n) is 6.41. The molecule has 2 aliphatic carbocycles. The number of allylic oxidation sites excluding steroid dienone is 1. The van der Waals surface area contributed by atoms with Crippen molar-refractivity contribution in [3.63, 3.8) is 0 Å². The van der Waals surface area contributed by atoms with Gasteiger partial charge in [-0.2, -0.15) is 0 Å². The van der Waals surface area contributed by atoms with Gasteiger partial charge in [0, 0.05) is 5.57 Å². The Morgan fingerprint density at radius 3 is 2.58 bits per heavy atom. The Hall–Kier alpha value is -0.600. The Morgan fingerprint density at radius 2 is 2.11 bits per heavy atom. The molecule has 1 N–H and O–H groups in total. The van der Waals surface area contributed by atoms with E-state index in [0.29, 0.717) is 23.9 Å². The topological polar surface area (TPSA) is 63.6 Å². The molecule has 0 aromatic carbocycles. The smallest absolute Gasteiger partial charge is 0.331 e. The Bertz CT molecular complexity index is 410. The van der Waals surface area contributed by atoms with Gasteiger partial charge in [0.2, 0.25) is 0 Å². The van der Waals surface area contributed by atoms with Gasteiger partial charge in [0.1, 0.15) is 0 Å². The molecule has 19 heavy (non-hydrogen) atoms. The number of hydrogen-bond acceptors (Lipinski definition) is 3.